The molecule has 2 aromatic heterocycles. The fourth-order valence-electron chi connectivity index (χ4n) is 3.19. The predicted octanol–water partition coefficient (Wildman–Crippen LogP) is 1.86. The molecule has 0 atom stereocenters. The number of aliphatic hydroxyl groups is 1. The van der Waals surface area contributed by atoms with Crippen molar-refractivity contribution >= 4 is 5.65 Å². The van der Waals surface area contributed by atoms with Crippen molar-refractivity contribution in [3.05, 3.63) is 30.5 Å². The Morgan fingerprint density at radius 3 is 2.90 bits per heavy atom. The van der Waals surface area contributed by atoms with Crippen LogP contribution >= 0.6 is 0 Å². The van der Waals surface area contributed by atoms with E-state index in [1.807, 2.05) is 12.4 Å². The van der Waals surface area contributed by atoms with Gasteiger partial charge in [-0.05, 0) is 12.8 Å². The maximum Gasteiger partial charge on any atom is 0.155 e. The number of nitrogens with zero attached hydrogens (tertiary/aromatic N) is 4. The third kappa shape index (κ3) is 2.83. The monoisotopic (exact) mass is 274 g/mol. The molecule has 3 rings (SSSR count). The van der Waals surface area contributed by atoms with E-state index in [4.69, 9.17) is 0 Å². The van der Waals surface area contributed by atoms with Crippen LogP contribution in [0.4, 0.5) is 0 Å². The summed E-state index contributed by atoms with van der Waals surface area (Å²) in [6.07, 6.45) is 13.9. The molecule has 2 heterocycles. The van der Waals surface area contributed by atoms with E-state index in [2.05, 4.69) is 19.3 Å². The first kappa shape index (κ1) is 13.5. The van der Waals surface area contributed by atoms with E-state index in [1.54, 1.807) is 12.4 Å². The molecule has 108 valence electrons. The maximum atomic E-state index is 9.34. The lowest BCUT2D eigenvalue weighted by Gasteiger charge is -2.33. The third-order valence-corrected chi connectivity index (χ3v) is 4.24. The maximum absolute atomic E-state index is 9.34. The normalized spacial score (nSPS) is 17.1. The van der Waals surface area contributed by atoms with E-state index in [0.29, 0.717) is 6.04 Å². The smallest absolute Gasteiger partial charge is 0.155 e. The molecule has 0 spiro atoms. The fraction of sp³-hybridized carbons (Fsp3) is 0.600. The number of aromatic nitrogens is 3. The summed E-state index contributed by atoms with van der Waals surface area (Å²) < 4.78 is 2.08. The van der Waals surface area contributed by atoms with E-state index >= 15 is 0 Å². The number of hydrogen-bond acceptors (Lipinski definition) is 4. The van der Waals surface area contributed by atoms with Crippen LogP contribution in [-0.2, 0) is 6.54 Å². The van der Waals surface area contributed by atoms with Gasteiger partial charge in [-0.25, -0.2) is 4.98 Å². The number of aliphatic hydroxyl groups excluding tert-OH is 1. The molecule has 2 aromatic rings. The van der Waals surface area contributed by atoms with Crippen LogP contribution < -0.4 is 0 Å². The Morgan fingerprint density at radius 2 is 2.10 bits per heavy atom. The molecule has 1 N–H and O–H groups in total. The summed E-state index contributed by atoms with van der Waals surface area (Å²) in [7, 11) is 0. The van der Waals surface area contributed by atoms with Crippen molar-refractivity contribution in [1.29, 1.82) is 0 Å². The van der Waals surface area contributed by atoms with E-state index in [9.17, 15) is 5.11 Å². The van der Waals surface area contributed by atoms with Gasteiger partial charge in [-0.3, -0.25) is 14.3 Å². The zero-order chi connectivity index (χ0) is 13.8. The van der Waals surface area contributed by atoms with Crippen molar-refractivity contribution in [2.45, 2.75) is 44.7 Å². The van der Waals surface area contributed by atoms with E-state index < -0.39 is 0 Å². The van der Waals surface area contributed by atoms with Crippen molar-refractivity contribution in [2.24, 2.45) is 0 Å². The van der Waals surface area contributed by atoms with Gasteiger partial charge in [-0.1, -0.05) is 19.3 Å². The standard InChI is InChI=1S/C15H22N4O/c20-9-8-18(13-4-2-1-3-5-13)12-14-10-17-15-11-16-6-7-19(14)15/h6-7,10-11,13,20H,1-5,8-9,12H2. The number of fused-ring (bicyclic) bond motifs is 1. The van der Waals surface area contributed by atoms with Crippen molar-refractivity contribution < 1.29 is 5.11 Å². The topological polar surface area (TPSA) is 53.7 Å². The Hall–Kier alpha value is -1.46. The van der Waals surface area contributed by atoms with Gasteiger partial charge in [0.1, 0.15) is 0 Å². The SMILES string of the molecule is OCCN(Cc1cnc2cnccn12)C1CCCCC1. The Bertz CT molecular complexity index is 548. The van der Waals surface area contributed by atoms with Crippen molar-refractivity contribution in [3.8, 4) is 0 Å². The summed E-state index contributed by atoms with van der Waals surface area (Å²) in [5.41, 5.74) is 2.05. The summed E-state index contributed by atoms with van der Waals surface area (Å²) in [6.45, 7) is 1.80. The molecule has 1 saturated carbocycles. The van der Waals surface area contributed by atoms with Crippen molar-refractivity contribution in [1.82, 2.24) is 19.3 Å². The highest BCUT2D eigenvalue weighted by atomic mass is 16.3. The minimum Gasteiger partial charge on any atom is -0.395 e. The molecule has 1 aliphatic rings. The summed E-state index contributed by atoms with van der Waals surface area (Å²) >= 11 is 0. The number of imidazole rings is 1. The second-order valence-corrected chi connectivity index (χ2v) is 5.54. The van der Waals surface area contributed by atoms with Gasteiger partial charge in [-0.15, -0.1) is 0 Å². The van der Waals surface area contributed by atoms with Crippen LogP contribution in [0.1, 0.15) is 37.8 Å². The highest BCUT2D eigenvalue weighted by Gasteiger charge is 2.21. The molecular weight excluding hydrogens is 252 g/mol. The first-order valence-electron chi connectivity index (χ1n) is 7.49. The van der Waals surface area contributed by atoms with E-state index in [0.717, 1.165) is 18.7 Å². The van der Waals surface area contributed by atoms with Crippen LogP contribution in [0, 0.1) is 0 Å². The summed E-state index contributed by atoms with van der Waals surface area (Å²) in [5.74, 6) is 0. The van der Waals surface area contributed by atoms with Gasteiger partial charge in [0.25, 0.3) is 0 Å². The largest absolute Gasteiger partial charge is 0.395 e. The van der Waals surface area contributed by atoms with Crippen LogP contribution in [0.25, 0.3) is 5.65 Å². The summed E-state index contributed by atoms with van der Waals surface area (Å²) in [6, 6.07) is 0.600. The molecule has 0 aromatic carbocycles. The summed E-state index contributed by atoms with van der Waals surface area (Å²) in [5, 5.41) is 9.34. The Labute approximate surface area is 119 Å². The molecule has 5 nitrogen and oxygen atoms in total. The molecule has 0 amide bonds. The van der Waals surface area contributed by atoms with Gasteiger partial charge in [0.05, 0.1) is 24.7 Å². The van der Waals surface area contributed by atoms with Gasteiger partial charge in [0, 0.05) is 31.5 Å². The lowest BCUT2D eigenvalue weighted by atomic mass is 9.94. The van der Waals surface area contributed by atoms with Crippen LogP contribution in [-0.4, -0.2) is 43.6 Å². The molecule has 1 fully saturated rings. The Balaban J connectivity index is 1.78. The fourth-order valence-corrected chi connectivity index (χ4v) is 3.19. The van der Waals surface area contributed by atoms with Crippen LogP contribution in [0.15, 0.2) is 24.8 Å². The van der Waals surface area contributed by atoms with Crippen molar-refractivity contribution in [3.63, 3.8) is 0 Å². The van der Waals surface area contributed by atoms with E-state index in [1.165, 1.54) is 37.8 Å². The predicted molar refractivity (Wildman–Crippen MR) is 77.4 cm³/mol. The molecule has 0 aliphatic heterocycles. The second-order valence-electron chi connectivity index (χ2n) is 5.54. The molecule has 0 radical (unpaired) electrons. The summed E-state index contributed by atoms with van der Waals surface area (Å²) in [4.78, 5) is 10.9. The highest BCUT2D eigenvalue weighted by molar-refractivity contribution is 5.36. The molecule has 0 saturated heterocycles. The van der Waals surface area contributed by atoms with E-state index in [-0.39, 0.29) is 6.61 Å². The highest BCUT2D eigenvalue weighted by Crippen LogP contribution is 2.24. The quantitative estimate of drug-likeness (QED) is 0.904. The zero-order valence-electron chi connectivity index (χ0n) is 11.8. The lowest BCUT2D eigenvalue weighted by Crippen LogP contribution is -2.38. The van der Waals surface area contributed by atoms with Crippen LogP contribution in [0.2, 0.25) is 0 Å². The third-order valence-electron chi connectivity index (χ3n) is 4.24. The Kier molecular flexibility index (Phi) is 4.28. The molecular formula is C15H22N4O. The van der Waals surface area contributed by atoms with Crippen molar-refractivity contribution in [2.75, 3.05) is 13.2 Å². The zero-order valence-corrected chi connectivity index (χ0v) is 11.8. The molecule has 0 unspecified atom stereocenters. The van der Waals surface area contributed by atoms with Gasteiger partial charge >= 0.3 is 0 Å². The molecule has 5 heteroatoms. The molecule has 1 aliphatic carbocycles. The molecule has 20 heavy (non-hydrogen) atoms. The number of rotatable bonds is 5. The Morgan fingerprint density at radius 1 is 1.25 bits per heavy atom. The first-order valence-corrected chi connectivity index (χ1v) is 7.49. The second kappa shape index (κ2) is 6.33. The van der Waals surface area contributed by atoms with Crippen LogP contribution in [0.5, 0.6) is 0 Å². The minimum atomic E-state index is 0.217. The lowest BCUT2D eigenvalue weighted by molar-refractivity contribution is 0.115. The first-order chi connectivity index (χ1) is 9.88. The van der Waals surface area contributed by atoms with Crippen LogP contribution in [0.3, 0.4) is 0 Å². The number of hydrogen-bond donors (Lipinski definition) is 1. The van der Waals surface area contributed by atoms with Gasteiger partial charge in [-0.2, -0.15) is 0 Å². The molecule has 0 bridgehead atoms. The minimum absolute atomic E-state index is 0.217. The van der Waals surface area contributed by atoms with Gasteiger partial charge < -0.3 is 5.11 Å². The average Bonchev–Trinajstić information content (AvgIpc) is 2.91. The average molecular weight is 274 g/mol. The van der Waals surface area contributed by atoms with Gasteiger partial charge in [0.2, 0.25) is 0 Å². The van der Waals surface area contributed by atoms with Gasteiger partial charge in [0.15, 0.2) is 5.65 Å².